The number of hydrogen-bond donors (Lipinski definition) is 2. The van der Waals surface area contributed by atoms with Crippen molar-refractivity contribution >= 4 is 27.6 Å². The summed E-state index contributed by atoms with van der Waals surface area (Å²) in [6, 6.07) is 4.96. The average Bonchev–Trinajstić information content (AvgIpc) is 2.35. The molecule has 8 heteroatoms. The van der Waals surface area contributed by atoms with Crippen LogP contribution >= 0.6 is 11.6 Å². The van der Waals surface area contributed by atoms with Gasteiger partial charge in [-0.3, -0.25) is 4.79 Å². The summed E-state index contributed by atoms with van der Waals surface area (Å²) >= 11 is 5.96. The van der Waals surface area contributed by atoms with E-state index in [1.165, 1.54) is 7.11 Å². The fourth-order valence-corrected chi connectivity index (χ4v) is 2.56. The maximum atomic E-state index is 11.6. The summed E-state index contributed by atoms with van der Waals surface area (Å²) in [4.78, 5) is 10.3. The number of carboxylic acid groups (broad SMARTS) is 1. The molecule has 0 bridgehead atoms. The van der Waals surface area contributed by atoms with Gasteiger partial charge in [0.15, 0.2) is 0 Å². The first-order valence-corrected chi connectivity index (χ1v) is 7.39. The van der Waals surface area contributed by atoms with Crippen molar-refractivity contribution in [2.45, 2.75) is 13.0 Å². The molecule has 2 N–H and O–H groups in total. The quantitative estimate of drug-likeness (QED) is 0.790. The van der Waals surface area contributed by atoms with Crippen LogP contribution in [0.25, 0.3) is 0 Å². The molecule has 0 saturated heterocycles. The average molecular weight is 308 g/mol. The van der Waals surface area contributed by atoms with E-state index < -0.39 is 28.2 Å². The number of aliphatic carboxylic acids is 1. The largest absolute Gasteiger partial charge is 0.496 e. The van der Waals surface area contributed by atoms with Crippen LogP contribution in [-0.2, 0) is 21.4 Å². The van der Waals surface area contributed by atoms with Crippen molar-refractivity contribution in [2.24, 2.45) is 0 Å². The second-order valence-electron chi connectivity index (χ2n) is 3.70. The lowest BCUT2D eigenvalue weighted by Gasteiger charge is -2.11. The maximum absolute atomic E-state index is 11.6. The Morgan fingerprint density at radius 1 is 1.47 bits per heavy atom. The van der Waals surface area contributed by atoms with E-state index in [1.807, 2.05) is 0 Å². The molecular weight excluding hydrogens is 294 g/mol. The number of hydrogen-bond acceptors (Lipinski definition) is 4. The van der Waals surface area contributed by atoms with Crippen LogP contribution in [0.15, 0.2) is 18.2 Å². The Labute approximate surface area is 116 Å². The Hall–Kier alpha value is -1.31. The van der Waals surface area contributed by atoms with Gasteiger partial charge in [-0.15, -0.1) is 0 Å². The number of carboxylic acids is 1. The lowest BCUT2D eigenvalue weighted by Crippen LogP contribution is -2.27. The molecule has 0 fully saturated rings. The molecule has 1 aromatic rings. The molecule has 0 aliphatic heterocycles. The minimum Gasteiger partial charge on any atom is -0.496 e. The van der Waals surface area contributed by atoms with Crippen LogP contribution in [-0.4, -0.2) is 32.4 Å². The van der Waals surface area contributed by atoms with Gasteiger partial charge in [0.05, 0.1) is 19.3 Å². The molecule has 0 aliphatic carbocycles. The third-order valence-electron chi connectivity index (χ3n) is 2.35. The van der Waals surface area contributed by atoms with E-state index in [9.17, 15) is 13.2 Å². The molecule has 0 heterocycles. The summed E-state index contributed by atoms with van der Waals surface area (Å²) in [5.41, 5.74) is 0.505. The van der Waals surface area contributed by atoms with Crippen molar-refractivity contribution < 1.29 is 23.1 Å². The Morgan fingerprint density at radius 2 is 2.16 bits per heavy atom. The Balaban J connectivity index is 2.74. The van der Waals surface area contributed by atoms with Crippen LogP contribution in [0.2, 0.25) is 5.02 Å². The number of ether oxygens (including phenoxy) is 1. The smallest absolute Gasteiger partial charge is 0.304 e. The highest BCUT2D eigenvalue weighted by Gasteiger charge is 2.15. The van der Waals surface area contributed by atoms with Gasteiger partial charge in [-0.2, -0.15) is 0 Å². The summed E-state index contributed by atoms with van der Waals surface area (Å²) in [6.45, 7) is -0.0508. The zero-order valence-electron chi connectivity index (χ0n) is 10.2. The van der Waals surface area contributed by atoms with E-state index in [2.05, 4.69) is 4.72 Å². The first-order chi connectivity index (χ1) is 8.85. The van der Waals surface area contributed by atoms with Gasteiger partial charge in [0.25, 0.3) is 0 Å². The van der Waals surface area contributed by atoms with Gasteiger partial charge in [0.1, 0.15) is 5.75 Å². The molecule has 0 atom stereocenters. The number of rotatable bonds is 7. The van der Waals surface area contributed by atoms with Crippen LogP contribution in [0.5, 0.6) is 5.75 Å². The number of halogens is 1. The number of carbonyl (C=O) groups is 1. The fraction of sp³-hybridized carbons (Fsp3) is 0.364. The van der Waals surface area contributed by atoms with Gasteiger partial charge in [-0.25, -0.2) is 13.1 Å². The second kappa shape index (κ2) is 6.74. The highest BCUT2D eigenvalue weighted by atomic mass is 35.5. The minimum atomic E-state index is -3.66. The highest BCUT2D eigenvalue weighted by molar-refractivity contribution is 7.89. The highest BCUT2D eigenvalue weighted by Crippen LogP contribution is 2.26. The molecule has 106 valence electrons. The second-order valence-corrected chi connectivity index (χ2v) is 6.04. The van der Waals surface area contributed by atoms with Gasteiger partial charge < -0.3 is 9.84 Å². The number of nitrogens with one attached hydrogen (secondary N) is 1. The van der Waals surface area contributed by atoms with E-state index >= 15 is 0 Å². The van der Waals surface area contributed by atoms with Gasteiger partial charge in [-0.1, -0.05) is 17.7 Å². The molecule has 0 aliphatic rings. The van der Waals surface area contributed by atoms with Crippen molar-refractivity contribution in [1.29, 1.82) is 0 Å². The predicted molar refractivity (Wildman–Crippen MR) is 70.9 cm³/mol. The van der Waals surface area contributed by atoms with Crippen molar-refractivity contribution in [3.8, 4) is 5.75 Å². The normalized spacial score (nSPS) is 11.3. The maximum Gasteiger partial charge on any atom is 0.304 e. The van der Waals surface area contributed by atoms with Gasteiger partial charge in [-0.05, 0) is 12.1 Å². The summed E-state index contributed by atoms with van der Waals surface area (Å²) < 4.78 is 30.5. The summed E-state index contributed by atoms with van der Waals surface area (Å²) in [6.07, 6.45) is -0.449. The summed E-state index contributed by atoms with van der Waals surface area (Å²) in [7, 11) is -2.21. The SMILES string of the molecule is COc1cccc(Cl)c1CNS(=O)(=O)CCC(=O)O. The topological polar surface area (TPSA) is 92.7 Å². The molecule has 19 heavy (non-hydrogen) atoms. The lowest BCUT2D eigenvalue weighted by molar-refractivity contribution is -0.136. The van der Waals surface area contributed by atoms with Crippen LogP contribution in [0, 0.1) is 0 Å². The monoisotopic (exact) mass is 307 g/mol. The first kappa shape index (κ1) is 15.7. The number of sulfonamides is 1. The third-order valence-corrected chi connectivity index (χ3v) is 4.03. The molecule has 1 aromatic carbocycles. The van der Waals surface area contributed by atoms with Crippen molar-refractivity contribution in [1.82, 2.24) is 4.72 Å². The zero-order chi connectivity index (χ0) is 14.5. The van der Waals surface area contributed by atoms with Crippen LogP contribution in [0.4, 0.5) is 0 Å². The molecule has 0 unspecified atom stereocenters. The predicted octanol–water partition coefficient (Wildman–Crippen LogP) is 1.24. The van der Waals surface area contributed by atoms with Crippen molar-refractivity contribution in [2.75, 3.05) is 12.9 Å². The van der Waals surface area contributed by atoms with Crippen LogP contribution < -0.4 is 9.46 Å². The van der Waals surface area contributed by atoms with Crippen molar-refractivity contribution in [3.63, 3.8) is 0 Å². The zero-order valence-corrected chi connectivity index (χ0v) is 11.8. The molecule has 0 radical (unpaired) electrons. The van der Waals surface area contributed by atoms with E-state index in [0.717, 1.165) is 0 Å². The van der Waals surface area contributed by atoms with Crippen molar-refractivity contribution in [3.05, 3.63) is 28.8 Å². The lowest BCUT2D eigenvalue weighted by atomic mass is 10.2. The third kappa shape index (κ3) is 5.06. The van der Waals surface area contributed by atoms with Gasteiger partial charge >= 0.3 is 5.97 Å². The molecular formula is C11H14ClNO5S. The summed E-state index contributed by atoms with van der Waals surface area (Å²) in [5.74, 6) is -1.18. The number of methoxy groups -OCH3 is 1. The molecule has 0 spiro atoms. The van der Waals surface area contributed by atoms with Crippen LogP contribution in [0.1, 0.15) is 12.0 Å². The van der Waals surface area contributed by atoms with E-state index in [1.54, 1.807) is 18.2 Å². The molecule has 0 saturated carbocycles. The Kier molecular flexibility index (Phi) is 5.59. The van der Waals surface area contributed by atoms with Gasteiger partial charge in [0, 0.05) is 17.1 Å². The molecule has 6 nitrogen and oxygen atoms in total. The Morgan fingerprint density at radius 3 is 2.74 bits per heavy atom. The van der Waals surface area contributed by atoms with Gasteiger partial charge in [0.2, 0.25) is 10.0 Å². The molecule has 0 aromatic heterocycles. The van der Waals surface area contributed by atoms with E-state index in [-0.39, 0.29) is 6.54 Å². The molecule has 0 amide bonds. The van der Waals surface area contributed by atoms with Crippen LogP contribution in [0.3, 0.4) is 0 Å². The first-order valence-electron chi connectivity index (χ1n) is 5.36. The Bertz CT molecular complexity index is 558. The standard InChI is InChI=1S/C11H14ClNO5S/c1-18-10-4-2-3-9(12)8(10)7-13-19(16,17)6-5-11(14)15/h2-4,13H,5-7H2,1H3,(H,14,15). The minimum absolute atomic E-state index is 0.0508. The van der Waals surface area contributed by atoms with E-state index in [0.29, 0.717) is 16.3 Å². The number of benzene rings is 1. The molecule has 1 rings (SSSR count). The fourth-order valence-electron chi connectivity index (χ4n) is 1.38. The summed E-state index contributed by atoms with van der Waals surface area (Å²) in [5, 5.41) is 8.83. The van der Waals surface area contributed by atoms with E-state index in [4.69, 9.17) is 21.4 Å².